The van der Waals surface area contributed by atoms with E-state index in [0.29, 0.717) is 6.61 Å². The van der Waals surface area contributed by atoms with E-state index in [2.05, 4.69) is 10.3 Å². The van der Waals surface area contributed by atoms with Crippen LogP contribution >= 0.6 is 0 Å². The van der Waals surface area contributed by atoms with Crippen LogP contribution in [0, 0.1) is 0 Å². The van der Waals surface area contributed by atoms with Gasteiger partial charge >= 0.3 is 0 Å². The molecule has 1 aliphatic heterocycles. The highest BCUT2D eigenvalue weighted by Gasteiger charge is 2.20. The van der Waals surface area contributed by atoms with Crippen LogP contribution in [0.15, 0.2) is 0 Å². The van der Waals surface area contributed by atoms with Crippen molar-refractivity contribution < 1.29 is 9.94 Å². The van der Waals surface area contributed by atoms with Crippen LogP contribution in [-0.2, 0) is 4.84 Å². The standard InChI is InChI=1S/C3H8N2O2/c4-2-1-7-5-3(2)6/h2-3,5-6H,1,4H2/t2-,3?/m1/s1. The largest absolute Gasteiger partial charge is 0.375 e. The summed E-state index contributed by atoms with van der Waals surface area (Å²) in [6.07, 6.45) is -0.681. The van der Waals surface area contributed by atoms with Gasteiger partial charge in [0, 0.05) is 0 Å². The molecular weight excluding hydrogens is 96.0 g/mol. The molecule has 1 saturated heterocycles. The van der Waals surface area contributed by atoms with Crippen LogP contribution in [0.3, 0.4) is 0 Å². The fourth-order valence-electron chi connectivity index (χ4n) is 0.408. The smallest absolute Gasteiger partial charge is 0.144 e. The Kier molecular flexibility index (Phi) is 1.25. The topological polar surface area (TPSA) is 67.5 Å². The van der Waals surface area contributed by atoms with Crippen LogP contribution in [0.25, 0.3) is 0 Å². The van der Waals surface area contributed by atoms with Crippen LogP contribution < -0.4 is 11.2 Å². The van der Waals surface area contributed by atoms with Gasteiger partial charge in [-0.2, -0.15) is 5.48 Å². The molecule has 1 unspecified atom stereocenters. The Balaban J connectivity index is 2.33. The first kappa shape index (κ1) is 4.99. The van der Waals surface area contributed by atoms with E-state index in [9.17, 15) is 0 Å². The number of rotatable bonds is 0. The van der Waals surface area contributed by atoms with Gasteiger partial charge < -0.3 is 10.8 Å². The average molecular weight is 104 g/mol. The molecule has 4 heteroatoms. The van der Waals surface area contributed by atoms with Crippen molar-refractivity contribution in [2.45, 2.75) is 12.3 Å². The van der Waals surface area contributed by atoms with E-state index < -0.39 is 6.23 Å². The third-order valence-electron chi connectivity index (χ3n) is 0.885. The second-order valence-corrected chi connectivity index (χ2v) is 1.54. The molecule has 0 radical (unpaired) electrons. The first-order valence-electron chi connectivity index (χ1n) is 2.11. The maximum absolute atomic E-state index is 8.64. The van der Waals surface area contributed by atoms with Crippen LogP contribution in [0.5, 0.6) is 0 Å². The van der Waals surface area contributed by atoms with Gasteiger partial charge in [0.15, 0.2) is 0 Å². The summed E-state index contributed by atoms with van der Waals surface area (Å²) in [4.78, 5) is 4.54. The molecule has 0 bridgehead atoms. The molecule has 0 aromatic heterocycles. The van der Waals surface area contributed by atoms with Crippen LogP contribution in [0.2, 0.25) is 0 Å². The highest BCUT2D eigenvalue weighted by atomic mass is 16.7. The summed E-state index contributed by atoms with van der Waals surface area (Å²) in [5.74, 6) is 0. The van der Waals surface area contributed by atoms with E-state index in [1.807, 2.05) is 0 Å². The minimum absolute atomic E-state index is 0.264. The first-order valence-corrected chi connectivity index (χ1v) is 2.11. The Morgan fingerprint density at radius 1 is 1.86 bits per heavy atom. The van der Waals surface area contributed by atoms with Gasteiger partial charge in [0.2, 0.25) is 0 Å². The highest BCUT2D eigenvalue weighted by Crippen LogP contribution is 1.93. The van der Waals surface area contributed by atoms with Crippen LogP contribution in [0.1, 0.15) is 0 Å². The molecule has 7 heavy (non-hydrogen) atoms. The zero-order valence-electron chi connectivity index (χ0n) is 3.79. The maximum Gasteiger partial charge on any atom is 0.144 e. The minimum atomic E-state index is -0.681. The van der Waals surface area contributed by atoms with Crippen molar-refractivity contribution in [2.75, 3.05) is 6.61 Å². The monoisotopic (exact) mass is 104 g/mol. The summed E-state index contributed by atoms with van der Waals surface area (Å²) >= 11 is 0. The van der Waals surface area contributed by atoms with Gasteiger partial charge in [-0.25, -0.2) is 0 Å². The zero-order valence-corrected chi connectivity index (χ0v) is 3.79. The lowest BCUT2D eigenvalue weighted by atomic mass is 10.3. The number of hydrogen-bond acceptors (Lipinski definition) is 4. The number of aliphatic hydroxyl groups excluding tert-OH is 1. The van der Waals surface area contributed by atoms with Gasteiger partial charge in [-0.05, 0) is 0 Å². The van der Waals surface area contributed by atoms with Gasteiger partial charge in [-0.15, -0.1) is 0 Å². The maximum atomic E-state index is 8.64. The van der Waals surface area contributed by atoms with Gasteiger partial charge in [0.25, 0.3) is 0 Å². The Morgan fingerprint density at radius 3 is 2.71 bits per heavy atom. The van der Waals surface area contributed by atoms with Crippen molar-refractivity contribution in [3.63, 3.8) is 0 Å². The van der Waals surface area contributed by atoms with Crippen molar-refractivity contribution in [1.82, 2.24) is 5.48 Å². The lowest BCUT2D eigenvalue weighted by Crippen LogP contribution is -2.36. The molecule has 0 aromatic carbocycles. The van der Waals surface area contributed by atoms with Crippen molar-refractivity contribution in [1.29, 1.82) is 0 Å². The molecule has 4 N–H and O–H groups in total. The molecule has 4 nitrogen and oxygen atoms in total. The number of aliphatic hydroxyl groups is 1. The highest BCUT2D eigenvalue weighted by molar-refractivity contribution is 4.69. The van der Waals surface area contributed by atoms with E-state index in [1.54, 1.807) is 0 Å². The average Bonchev–Trinajstić information content (AvgIpc) is 1.91. The van der Waals surface area contributed by atoms with E-state index >= 15 is 0 Å². The SMILES string of the molecule is N[C@@H]1CONC1O. The summed E-state index contributed by atoms with van der Waals surface area (Å²) in [6.45, 7) is 0.390. The van der Waals surface area contributed by atoms with E-state index in [0.717, 1.165) is 0 Å². The van der Waals surface area contributed by atoms with Gasteiger partial charge in [0.05, 0.1) is 12.6 Å². The lowest BCUT2D eigenvalue weighted by Gasteiger charge is -2.01. The second kappa shape index (κ2) is 1.75. The molecule has 42 valence electrons. The molecule has 0 amide bonds. The molecular formula is C3H8N2O2. The molecule has 0 aliphatic carbocycles. The number of nitrogens with two attached hydrogens (primary N) is 1. The van der Waals surface area contributed by atoms with E-state index in [-0.39, 0.29) is 6.04 Å². The Bertz CT molecular complexity index is 60.0. The lowest BCUT2D eigenvalue weighted by molar-refractivity contribution is 0.0241. The normalized spacial score (nSPS) is 42.0. The fraction of sp³-hybridized carbons (Fsp3) is 1.00. The third kappa shape index (κ3) is 0.889. The Hall–Kier alpha value is -0.160. The molecule has 1 fully saturated rings. The molecule has 0 aromatic rings. The molecule has 0 spiro atoms. The quantitative estimate of drug-likeness (QED) is 0.338. The summed E-state index contributed by atoms with van der Waals surface area (Å²) in [5.41, 5.74) is 7.54. The zero-order chi connectivity index (χ0) is 5.28. The summed E-state index contributed by atoms with van der Waals surface area (Å²) in [7, 11) is 0. The van der Waals surface area contributed by atoms with Crippen molar-refractivity contribution in [3.05, 3.63) is 0 Å². The van der Waals surface area contributed by atoms with Crippen LogP contribution in [0.4, 0.5) is 0 Å². The fourth-order valence-corrected chi connectivity index (χ4v) is 0.408. The first-order chi connectivity index (χ1) is 3.30. The molecule has 1 rings (SSSR count). The minimum Gasteiger partial charge on any atom is -0.375 e. The van der Waals surface area contributed by atoms with Crippen molar-refractivity contribution in [2.24, 2.45) is 5.73 Å². The molecule has 1 heterocycles. The van der Waals surface area contributed by atoms with Gasteiger partial charge in [-0.1, -0.05) is 0 Å². The predicted octanol–water partition coefficient (Wildman–Crippen LogP) is -1.83. The van der Waals surface area contributed by atoms with Gasteiger partial charge in [0.1, 0.15) is 6.23 Å². The predicted molar refractivity (Wildman–Crippen MR) is 23.1 cm³/mol. The Labute approximate surface area is 41.2 Å². The Morgan fingerprint density at radius 2 is 2.57 bits per heavy atom. The second-order valence-electron chi connectivity index (χ2n) is 1.54. The molecule has 1 aliphatic rings. The molecule has 0 saturated carbocycles. The van der Waals surface area contributed by atoms with Gasteiger partial charge in [-0.3, -0.25) is 4.84 Å². The van der Waals surface area contributed by atoms with E-state index in [1.165, 1.54) is 0 Å². The van der Waals surface area contributed by atoms with Crippen molar-refractivity contribution in [3.8, 4) is 0 Å². The van der Waals surface area contributed by atoms with Crippen LogP contribution in [-0.4, -0.2) is 24.0 Å². The third-order valence-corrected chi connectivity index (χ3v) is 0.885. The van der Waals surface area contributed by atoms with E-state index in [4.69, 9.17) is 10.8 Å². The molecule has 2 atom stereocenters. The van der Waals surface area contributed by atoms with Crippen molar-refractivity contribution >= 4 is 0 Å². The summed E-state index contributed by atoms with van der Waals surface area (Å²) in [5, 5.41) is 8.64. The summed E-state index contributed by atoms with van der Waals surface area (Å²) < 4.78 is 0. The number of hydroxylamine groups is 1. The number of hydrogen-bond donors (Lipinski definition) is 3. The summed E-state index contributed by atoms with van der Waals surface area (Å²) in [6, 6.07) is -0.264. The number of nitrogens with one attached hydrogen (secondary N) is 1.